The summed E-state index contributed by atoms with van der Waals surface area (Å²) < 4.78 is 6.04. The molecule has 3 heteroatoms. The minimum absolute atomic E-state index is 0.0961. The number of hydrogen-bond acceptors (Lipinski definition) is 3. The second kappa shape index (κ2) is 3.25. The Morgan fingerprint density at radius 3 is 2.65 bits per heavy atom. The molecule has 0 aromatic rings. The van der Waals surface area contributed by atoms with Crippen molar-refractivity contribution < 1.29 is 14.9 Å². The Morgan fingerprint density at radius 1 is 1.24 bits per heavy atom. The second-order valence-corrected chi connectivity index (χ2v) is 7.17. The molecule has 0 bridgehead atoms. The second-order valence-electron chi connectivity index (χ2n) is 7.17. The molecule has 3 nitrogen and oxygen atoms in total. The molecule has 2 saturated carbocycles. The molecule has 3 aliphatic rings. The summed E-state index contributed by atoms with van der Waals surface area (Å²) >= 11 is 0. The molecule has 0 aromatic heterocycles. The maximum atomic E-state index is 10.9. The highest BCUT2D eigenvalue weighted by molar-refractivity contribution is 5.21. The maximum absolute atomic E-state index is 10.9. The van der Waals surface area contributed by atoms with Gasteiger partial charge in [-0.1, -0.05) is 20.8 Å². The maximum Gasteiger partial charge on any atom is 0.103 e. The van der Waals surface area contributed by atoms with Gasteiger partial charge in [-0.25, -0.2) is 0 Å². The van der Waals surface area contributed by atoms with Gasteiger partial charge in [0.15, 0.2) is 0 Å². The zero-order valence-corrected chi connectivity index (χ0v) is 11.1. The van der Waals surface area contributed by atoms with Gasteiger partial charge in [-0.15, -0.1) is 0 Å². The highest BCUT2D eigenvalue weighted by Gasteiger charge is 2.71. The first-order chi connectivity index (χ1) is 7.82. The minimum Gasteiger partial charge on any atom is -0.392 e. The van der Waals surface area contributed by atoms with Crippen molar-refractivity contribution in [2.24, 2.45) is 17.3 Å². The van der Waals surface area contributed by atoms with Crippen molar-refractivity contribution in [2.75, 3.05) is 6.61 Å². The average molecular weight is 240 g/mol. The Balaban J connectivity index is 2.09. The fourth-order valence-corrected chi connectivity index (χ4v) is 4.76. The fraction of sp³-hybridized carbons (Fsp3) is 1.00. The summed E-state index contributed by atoms with van der Waals surface area (Å²) in [5.74, 6) is 0.531. The van der Waals surface area contributed by atoms with Gasteiger partial charge in [-0.05, 0) is 30.6 Å². The van der Waals surface area contributed by atoms with Crippen molar-refractivity contribution in [1.82, 2.24) is 0 Å². The largest absolute Gasteiger partial charge is 0.392 e. The summed E-state index contributed by atoms with van der Waals surface area (Å²) in [6.07, 6.45) is 2.99. The first-order valence-corrected chi connectivity index (χ1v) is 6.87. The van der Waals surface area contributed by atoms with Gasteiger partial charge in [0, 0.05) is 12.3 Å². The van der Waals surface area contributed by atoms with Crippen LogP contribution in [0.15, 0.2) is 0 Å². The Bertz CT molecular complexity index is 340. The van der Waals surface area contributed by atoms with E-state index in [1.165, 1.54) is 0 Å². The molecule has 1 saturated heterocycles. The highest BCUT2D eigenvalue weighted by Crippen LogP contribution is 2.63. The van der Waals surface area contributed by atoms with Crippen LogP contribution >= 0.6 is 0 Å². The molecule has 1 heterocycles. The first kappa shape index (κ1) is 11.9. The topological polar surface area (TPSA) is 49.7 Å². The lowest BCUT2D eigenvalue weighted by atomic mass is 9.62. The summed E-state index contributed by atoms with van der Waals surface area (Å²) in [4.78, 5) is 0. The van der Waals surface area contributed by atoms with Crippen molar-refractivity contribution in [2.45, 2.75) is 63.8 Å². The molecule has 2 N–H and O–H groups in total. The van der Waals surface area contributed by atoms with E-state index in [4.69, 9.17) is 4.74 Å². The third-order valence-electron chi connectivity index (χ3n) is 5.69. The summed E-state index contributed by atoms with van der Waals surface area (Å²) in [5.41, 5.74) is -1.33. The molecular weight excluding hydrogens is 216 g/mol. The Kier molecular flexibility index (Phi) is 2.28. The van der Waals surface area contributed by atoms with E-state index < -0.39 is 11.2 Å². The van der Waals surface area contributed by atoms with Gasteiger partial charge < -0.3 is 14.9 Å². The van der Waals surface area contributed by atoms with E-state index in [0.29, 0.717) is 12.5 Å². The molecule has 1 aliphatic heterocycles. The third kappa shape index (κ3) is 1.28. The van der Waals surface area contributed by atoms with E-state index in [0.717, 1.165) is 25.7 Å². The van der Waals surface area contributed by atoms with Gasteiger partial charge in [0.1, 0.15) is 5.60 Å². The molecule has 0 amide bonds. The molecule has 0 unspecified atom stereocenters. The monoisotopic (exact) mass is 240 g/mol. The van der Waals surface area contributed by atoms with E-state index >= 15 is 0 Å². The van der Waals surface area contributed by atoms with Crippen LogP contribution in [-0.2, 0) is 4.74 Å². The van der Waals surface area contributed by atoms with E-state index in [1.54, 1.807) is 0 Å². The van der Waals surface area contributed by atoms with Crippen molar-refractivity contribution in [3.63, 3.8) is 0 Å². The van der Waals surface area contributed by atoms with Crippen LogP contribution in [0.3, 0.4) is 0 Å². The average Bonchev–Trinajstić information content (AvgIpc) is 2.64. The summed E-state index contributed by atoms with van der Waals surface area (Å²) in [6.45, 7) is 7.03. The molecule has 3 fully saturated rings. The smallest absolute Gasteiger partial charge is 0.103 e. The molecule has 5 atom stereocenters. The van der Waals surface area contributed by atoms with Crippen molar-refractivity contribution in [1.29, 1.82) is 0 Å². The first-order valence-electron chi connectivity index (χ1n) is 6.87. The zero-order valence-electron chi connectivity index (χ0n) is 11.1. The van der Waals surface area contributed by atoms with Crippen LogP contribution in [-0.4, -0.2) is 34.1 Å². The highest BCUT2D eigenvalue weighted by atomic mass is 16.5. The quantitative estimate of drug-likeness (QED) is 0.678. The van der Waals surface area contributed by atoms with Crippen molar-refractivity contribution in [3.05, 3.63) is 0 Å². The van der Waals surface area contributed by atoms with Crippen LogP contribution < -0.4 is 0 Å². The van der Waals surface area contributed by atoms with Crippen molar-refractivity contribution >= 4 is 0 Å². The number of aliphatic hydroxyl groups excluding tert-OH is 1. The molecule has 3 rings (SSSR count). The lowest BCUT2D eigenvalue weighted by Crippen LogP contribution is -2.59. The van der Waals surface area contributed by atoms with Crippen LogP contribution in [0.5, 0.6) is 0 Å². The molecule has 1 spiro atoms. The lowest BCUT2D eigenvalue weighted by Gasteiger charge is -2.49. The Labute approximate surface area is 103 Å². The van der Waals surface area contributed by atoms with Crippen LogP contribution in [0.4, 0.5) is 0 Å². The van der Waals surface area contributed by atoms with E-state index in [1.807, 2.05) is 0 Å². The number of aliphatic hydroxyl groups is 2. The van der Waals surface area contributed by atoms with Gasteiger partial charge in [0.05, 0.1) is 18.3 Å². The predicted octanol–water partition coefficient (Wildman–Crippen LogP) is 1.71. The van der Waals surface area contributed by atoms with E-state index in [9.17, 15) is 10.2 Å². The van der Waals surface area contributed by atoms with Gasteiger partial charge >= 0.3 is 0 Å². The van der Waals surface area contributed by atoms with Crippen LogP contribution in [0.2, 0.25) is 0 Å². The Morgan fingerprint density at radius 2 is 1.94 bits per heavy atom. The normalized spacial score (nSPS) is 56.6. The number of ether oxygens (including phenoxy) is 1. The number of rotatable bonds is 0. The summed E-state index contributed by atoms with van der Waals surface area (Å²) in [6, 6.07) is 0. The lowest BCUT2D eigenvalue weighted by molar-refractivity contribution is -0.187. The van der Waals surface area contributed by atoms with E-state index in [2.05, 4.69) is 20.8 Å². The molecule has 0 aromatic carbocycles. The van der Waals surface area contributed by atoms with Gasteiger partial charge in [0.25, 0.3) is 0 Å². The minimum atomic E-state index is -0.696. The van der Waals surface area contributed by atoms with E-state index in [-0.39, 0.29) is 17.4 Å². The third-order valence-corrected chi connectivity index (χ3v) is 5.69. The molecular formula is C14H24O3. The standard InChI is InChI=1S/C14H24O3/c1-9-4-5-13(16)6-7-17-14(13)8-12(2,3)11(15)10(9)14/h9-11,15-16H,4-8H2,1-3H3/t9-,10-,11-,13+,14-/m0/s1. The van der Waals surface area contributed by atoms with Crippen LogP contribution in [0, 0.1) is 17.3 Å². The fourth-order valence-electron chi connectivity index (χ4n) is 4.76. The molecule has 17 heavy (non-hydrogen) atoms. The van der Waals surface area contributed by atoms with Crippen LogP contribution in [0.25, 0.3) is 0 Å². The molecule has 2 aliphatic carbocycles. The van der Waals surface area contributed by atoms with Gasteiger partial charge in [0.2, 0.25) is 0 Å². The Hall–Kier alpha value is -0.120. The molecule has 98 valence electrons. The van der Waals surface area contributed by atoms with Crippen molar-refractivity contribution in [3.8, 4) is 0 Å². The molecule has 0 radical (unpaired) electrons. The zero-order chi connectivity index (χ0) is 12.5. The van der Waals surface area contributed by atoms with Gasteiger partial charge in [-0.2, -0.15) is 0 Å². The number of hydrogen-bond donors (Lipinski definition) is 2. The summed E-state index contributed by atoms with van der Waals surface area (Å²) in [7, 11) is 0. The SMILES string of the molecule is C[C@H]1CC[C@@]2(O)CCO[C@]23CC(C)(C)[C@@H](O)[C@H]13. The predicted molar refractivity (Wildman–Crippen MR) is 64.5 cm³/mol. The van der Waals surface area contributed by atoms with Gasteiger partial charge in [-0.3, -0.25) is 0 Å². The summed E-state index contributed by atoms with van der Waals surface area (Å²) in [5, 5.41) is 21.5. The van der Waals surface area contributed by atoms with Crippen LogP contribution in [0.1, 0.15) is 46.5 Å².